The smallest absolute Gasteiger partial charge is 0.410 e. The van der Waals surface area contributed by atoms with E-state index in [2.05, 4.69) is 0 Å². The Kier molecular flexibility index (Phi) is 3.71. The second-order valence-corrected chi connectivity index (χ2v) is 6.27. The Morgan fingerprint density at radius 2 is 2.05 bits per heavy atom. The van der Waals surface area contributed by atoms with Gasteiger partial charge in [-0.3, -0.25) is 4.79 Å². The fraction of sp³-hybridized carbons (Fsp3) is 0.846. The molecular weight excluding hydrogens is 248 g/mol. The lowest BCUT2D eigenvalue weighted by atomic mass is 10.2. The lowest BCUT2D eigenvalue weighted by Gasteiger charge is -2.28. The molecule has 2 aliphatic heterocycles. The third-order valence-electron chi connectivity index (χ3n) is 3.39. The Bertz CT molecular complexity index is 377. The summed E-state index contributed by atoms with van der Waals surface area (Å²) < 4.78 is 5.34. The van der Waals surface area contributed by atoms with Crippen LogP contribution in [0.25, 0.3) is 0 Å². The summed E-state index contributed by atoms with van der Waals surface area (Å²) in [4.78, 5) is 27.3. The van der Waals surface area contributed by atoms with Gasteiger partial charge in [0.15, 0.2) is 0 Å². The van der Waals surface area contributed by atoms with Gasteiger partial charge in [0.2, 0.25) is 5.91 Å². The number of ether oxygens (including phenoxy) is 1. The summed E-state index contributed by atoms with van der Waals surface area (Å²) in [6, 6.07) is -0.0856. The number of hydrogen-bond acceptors (Lipinski definition) is 4. The minimum absolute atomic E-state index is 0.00705. The average Bonchev–Trinajstić information content (AvgIpc) is 2.55. The van der Waals surface area contributed by atoms with Crippen molar-refractivity contribution < 1.29 is 19.4 Å². The number of nitrogens with zero attached hydrogens (tertiary/aromatic N) is 2. The van der Waals surface area contributed by atoms with Crippen LogP contribution in [-0.4, -0.2) is 64.3 Å². The summed E-state index contributed by atoms with van der Waals surface area (Å²) in [5.41, 5.74) is -0.539. The van der Waals surface area contributed by atoms with Crippen molar-refractivity contribution in [2.75, 3.05) is 19.6 Å². The lowest BCUT2D eigenvalue weighted by molar-refractivity contribution is -0.131. The van der Waals surface area contributed by atoms with Crippen LogP contribution >= 0.6 is 0 Å². The Balaban J connectivity index is 2.04. The van der Waals surface area contributed by atoms with Gasteiger partial charge in [0.25, 0.3) is 0 Å². The average molecular weight is 270 g/mol. The number of aliphatic hydroxyl groups excluding tert-OH is 1. The molecule has 2 fully saturated rings. The van der Waals surface area contributed by atoms with Gasteiger partial charge in [-0.1, -0.05) is 0 Å². The zero-order valence-electron chi connectivity index (χ0n) is 11.8. The van der Waals surface area contributed by atoms with E-state index < -0.39 is 11.7 Å². The second kappa shape index (κ2) is 5.00. The highest BCUT2D eigenvalue weighted by Gasteiger charge is 2.39. The largest absolute Gasteiger partial charge is 0.444 e. The molecule has 0 saturated carbocycles. The van der Waals surface area contributed by atoms with E-state index in [0.29, 0.717) is 32.5 Å². The van der Waals surface area contributed by atoms with Crippen molar-refractivity contribution in [1.29, 1.82) is 0 Å². The van der Waals surface area contributed by atoms with Crippen LogP contribution in [0.2, 0.25) is 0 Å². The second-order valence-electron chi connectivity index (χ2n) is 6.27. The van der Waals surface area contributed by atoms with Gasteiger partial charge in [-0.2, -0.15) is 0 Å². The summed E-state index contributed by atoms with van der Waals surface area (Å²) in [6.07, 6.45) is -0.0379. The highest BCUT2D eigenvalue weighted by Crippen LogP contribution is 2.23. The quantitative estimate of drug-likeness (QED) is 0.699. The van der Waals surface area contributed by atoms with Crippen molar-refractivity contribution in [3.63, 3.8) is 0 Å². The monoisotopic (exact) mass is 270 g/mol. The molecule has 0 aromatic rings. The Morgan fingerprint density at radius 3 is 2.68 bits per heavy atom. The maximum Gasteiger partial charge on any atom is 0.410 e. The molecule has 0 radical (unpaired) electrons. The number of aliphatic hydroxyl groups is 1. The number of fused-ring (bicyclic) bond motifs is 1. The van der Waals surface area contributed by atoms with E-state index in [4.69, 9.17) is 4.74 Å². The molecule has 2 unspecified atom stereocenters. The zero-order valence-corrected chi connectivity index (χ0v) is 11.8. The molecule has 1 N–H and O–H groups in total. The first-order chi connectivity index (χ1) is 8.76. The van der Waals surface area contributed by atoms with Crippen molar-refractivity contribution in [2.24, 2.45) is 0 Å². The molecular formula is C13H22N2O4. The van der Waals surface area contributed by atoms with Crippen LogP contribution in [-0.2, 0) is 9.53 Å². The Hall–Kier alpha value is -1.30. The number of hydrogen-bond donors (Lipinski definition) is 1. The maximum atomic E-state index is 12.1. The molecule has 2 heterocycles. The van der Waals surface area contributed by atoms with Gasteiger partial charge in [0, 0.05) is 26.1 Å². The molecule has 0 bridgehead atoms. The van der Waals surface area contributed by atoms with Crippen LogP contribution in [0.3, 0.4) is 0 Å². The molecule has 6 nitrogen and oxygen atoms in total. The SMILES string of the molecule is CC(C)(C)OC(=O)N1CCC(=O)N2CC(O)CC2C1. The maximum absolute atomic E-state index is 12.1. The molecule has 0 aromatic heterocycles. The molecule has 2 rings (SSSR count). The summed E-state index contributed by atoms with van der Waals surface area (Å²) in [5, 5.41) is 9.65. The standard InChI is InChI=1S/C13H22N2O4/c1-13(2,3)19-12(18)14-5-4-11(17)15-8-10(16)6-9(15)7-14/h9-10,16H,4-8H2,1-3H3. The van der Waals surface area contributed by atoms with Crippen LogP contribution in [0.15, 0.2) is 0 Å². The van der Waals surface area contributed by atoms with Crippen molar-refractivity contribution in [3.8, 4) is 0 Å². The lowest BCUT2D eigenvalue weighted by Crippen LogP contribution is -2.42. The van der Waals surface area contributed by atoms with Crippen LogP contribution in [0.5, 0.6) is 0 Å². The van der Waals surface area contributed by atoms with E-state index in [-0.39, 0.29) is 18.0 Å². The van der Waals surface area contributed by atoms with Gasteiger partial charge in [-0.05, 0) is 27.2 Å². The molecule has 19 heavy (non-hydrogen) atoms. The molecule has 108 valence electrons. The van der Waals surface area contributed by atoms with E-state index in [1.54, 1.807) is 9.80 Å². The molecule has 2 atom stereocenters. The highest BCUT2D eigenvalue weighted by atomic mass is 16.6. The van der Waals surface area contributed by atoms with Gasteiger partial charge in [-0.25, -0.2) is 4.79 Å². The fourth-order valence-electron chi connectivity index (χ4n) is 2.58. The van der Waals surface area contributed by atoms with E-state index in [1.807, 2.05) is 20.8 Å². The van der Waals surface area contributed by atoms with Gasteiger partial charge < -0.3 is 19.6 Å². The molecule has 0 spiro atoms. The molecule has 2 amide bonds. The molecule has 0 aliphatic carbocycles. The first-order valence-corrected chi connectivity index (χ1v) is 6.72. The van der Waals surface area contributed by atoms with Gasteiger partial charge >= 0.3 is 6.09 Å². The topological polar surface area (TPSA) is 70.1 Å². The summed E-state index contributed by atoms with van der Waals surface area (Å²) in [5.74, 6) is 0.00705. The van der Waals surface area contributed by atoms with Gasteiger partial charge in [-0.15, -0.1) is 0 Å². The third-order valence-corrected chi connectivity index (χ3v) is 3.39. The molecule has 2 aliphatic rings. The summed E-state index contributed by atoms with van der Waals surface area (Å²) in [6.45, 7) is 6.67. The molecule has 2 saturated heterocycles. The fourth-order valence-corrected chi connectivity index (χ4v) is 2.58. The first kappa shape index (κ1) is 14.1. The third kappa shape index (κ3) is 3.37. The van der Waals surface area contributed by atoms with Crippen LogP contribution in [0, 0.1) is 0 Å². The number of carbonyl (C=O) groups excluding carboxylic acids is 2. The normalized spacial score (nSPS) is 28.1. The van der Waals surface area contributed by atoms with Gasteiger partial charge in [0.1, 0.15) is 5.60 Å². The van der Waals surface area contributed by atoms with Gasteiger partial charge in [0.05, 0.1) is 12.1 Å². The van der Waals surface area contributed by atoms with Crippen LogP contribution in [0.1, 0.15) is 33.6 Å². The predicted molar refractivity (Wildman–Crippen MR) is 68.5 cm³/mol. The minimum Gasteiger partial charge on any atom is -0.444 e. The zero-order chi connectivity index (χ0) is 14.2. The predicted octanol–water partition coefficient (Wildman–Crippen LogP) is 0.589. The number of carbonyl (C=O) groups is 2. The van der Waals surface area contributed by atoms with Crippen LogP contribution < -0.4 is 0 Å². The summed E-state index contributed by atoms with van der Waals surface area (Å²) >= 11 is 0. The number of rotatable bonds is 0. The summed E-state index contributed by atoms with van der Waals surface area (Å²) in [7, 11) is 0. The Morgan fingerprint density at radius 1 is 1.37 bits per heavy atom. The van der Waals surface area contributed by atoms with E-state index in [9.17, 15) is 14.7 Å². The Labute approximate surface area is 113 Å². The minimum atomic E-state index is -0.539. The number of amides is 2. The highest BCUT2D eigenvalue weighted by molar-refractivity contribution is 5.79. The molecule has 6 heteroatoms. The van der Waals surface area contributed by atoms with E-state index in [1.165, 1.54) is 0 Å². The van der Waals surface area contributed by atoms with Crippen molar-refractivity contribution in [3.05, 3.63) is 0 Å². The van der Waals surface area contributed by atoms with Crippen molar-refractivity contribution in [2.45, 2.75) is 51.4 Å². The van der Waals surface area contributed by atoms with E-state index in [0.717, 1.165) is 0 Å². The van der Waals surface area contributed by atoms with E-state index >= 15 is 0 Å². The molecule has 0 aromatic carbocycles. The van der Waals surface area contributed by atoms with Crippen LogP contribution in [0.4, 0.5) is 4.79 Å². The van der Waals surface area contributed by atoms with Crippen molar-refractivity contribution >= 4 is 12.0 Å². The van der Waals surface area contributed by atoms with Crippen molar-refractivity contribution in [1.82, 2.24) is 9.80 Å². The first-order valence-electron chi connectivity index (χ1n) is 6.72.